The number of sulfonamides is 1. The average Bonchev–Trinajstić information content (AvgIpc) is 2.82. The molecular formula is C13H20N2O5S. The van der Waals surface area contributed by atoms with Crippen LogP contribution in [0.25, 0.3) is 0 Å². The lowest BCUT2D eigenvalue weighted by Crippen LogP contribution is -2.50. The van der Waals surface area contributed by atoms with Crippen molar-refractivity contribution in [3.05, 3.63) is 17.6 Å². The van der Waals surface area contributed by atoms with E-state index >= 15 is 0 Å². The molecule has 7 nitrogen and oxygen atoms in total. The van der Waals surface area contributed by atoms with Crippen LogP contribution in [0, 0.1) is 6.92 Å². The number of hydrogen-bond acceptors (Lipinski definition) is 5. The van der Waals surface area contributed by atoms with Crippen molar-refractivity contribution in [3.8, 4) is 0 Å². The van der Waals surface area contributed by atoms with Crippen LogP contribution in [0.1, 0.15) is 30.2 Å². The molecule has 1 fully saturated rings. The van der Waals surface area contributed by atoms with Gasteiger partial charge in [-0.2, -0.15) is 4.31 Å². The van der Waals surface area contributed by atoms with Crippen molar-refractivity contribution in [2.75, 3.05) is 26.2 Å². The molecule has 0 bridgehead atoms. The van der Waals surface area contributed by atoms with Gasteiger partial charge in [0.2, 0.25) is 15.8 Å². The van der Waals surface area contributed by atoms with Crippen molar-refractivity contribution >= 4 is 16.0 Å². The monoisotopic (exact) mass is 316 g/mol. The Balaban J connectivity index is 2.21. The highest BCUT2D eigenvalue weighted by atomic mass is 32.2. The van der Waals surface area contributed by atoms with Crippen LogP contribution in [0.5, 0.6) is 0 Å². The number of carboxylic acid groups (broad SMARTS) is 1. The van der Waals surface area contributed by atoms with E-state index in [9.17, 15) is 13.2 Å². The maximum Gasteiger partial charge on any atom is 0.371 e. The van der Waals surface area contributed by atoms with Crippen molar-refractivity contribution in [1.82, 2.24) is 9.21 Å². The number of rotatable bonds is 4. The van der Waals surface area contributed by atoms with E-state index < -0.39 is 16.0 Å². The number of carboxylic acids is 1. The van der Waals surface area contributed by atoms with E-state index in [2.05, 4.69) is 18.7 Å². The van der Waals surface area contributed by atoms with Crippen molar-refractivity contribution in [2.45, 2.75) is 31.7 Å². The van der Waals surface area contributed by atoms with Gasteiger partial charge in [-0.05, 0) is 20.8 Å². The normalized spacial score (nSPS) is 18.3. The smallest absolute Gasteiger partial charge is 0.371 e. The van der Waals surface area contributed by atoms with Gasteiger partial charge in [0.1, 0.15) is 10.7 Å². The van der Waals surface area contributed by atoms with Crippen molar-refractivity contribution in [1.29, 1.82) is 0 Å². The summed E-state index contributed by atoms with van der Waals surface area (Å²) in [7, 11) is -3.70. The van der Waals surface area contributed by atoms with Crippen LogP contribution in [-0.2, 0) is 10.0 Å². The Morgan fingerprint density at radius 3 is 2.29 bits per heavy atom. The molecule has 2 rings (SSSR count). The highest BCUT2D eigenvalue weighted by Gasteiger charge is 2.32. The van der Waals surface area contributed by atoms with Gasteiger partial charge in [-0.1, -0.05) is 0 Å². The molecule has 0 amide bonds. The summed E-state index contributed by atoms with van der Waals surface area (Å²) < 4.78 is 31.5. The number of nitrogens with zero attached hydrogens (tertiary/aromatic N) is 2. The van der Waals surface area contributed by atoms with Crippen LogP contribution in [0.3, 0.4) is 0 Å². The minimum absolute atomic E-state index is 0.0575. The van der Waals surface area contributed by atoms with Crippen molar-refractivity contribution in [3.63, 3.8) is 0 Å². The maximum atomic E-state index is 12.6. The number of aromatic carboxylic acids is 1. The predicted molar refractivity (Wildman–Crippen MR) is 75.9 cm³/mol. The zero-order chi connectivity index (χ0) is 15.8. The highest BCUT2D eigenvalue weighted by Crippen LogP contribution is 2.24. The van der Waals surface area contributed by atoms with Gasteiger partial charge in [-0.25, -0.2) is 13.2 Å². The number of aryl methyl sites for hydroxylation is 1. The number of piperazine rings is 1. The Morgan fingerprint density at radius 2 is 1.86 bits per heavy atom. The molecule has 0 atom stereocenters. The first-order valence-corrected chi connectivity index (χ1v) is 8.25. The molecule has 118 valence electrons. The Hall–Kier alpha value is -1.38. The molecule has 1 aliphatic rings. The second-order valence-electron chi connectivity index (χ2n) is 5.37. The standard InChI is InChI=1S/C13H20N2O5S/c1-9(2)14-4-6-15(7-5-14)21(18,19)12-8-11(13(16)17)20-10(12)3/h8-9H,4-7H2,1-3H3,(H,16,17). The lowest BCUT2D eigenvalue weighted by atomic mass is 10.3. The Morgan fingerprint density at radius 1 is 1.29 bits per heavy atom. The summed E-state index contributed by atoms with van der Waals surface area (Å²) in [5.74, 6) is -1.52. The van der Waals surface area contributed by atoms with Crippen molar-refractivity contribution < 1.29 is 22.7 Å². The molecule has 0 unspecified atom stereocenters. The number of furan rings is 1. The molecule has 0 aliphatic carbocycles. The molecular weight excluding hydrogens is 296 g/mol. The van der Waals surface area contributed by atoms with Gasteiger partial charge in [0.05, 0.1) is 0 Å². The SMILES string of the molecule is Cc1oc(C(=O)O)cc1S(=O)(=O)N1CCN(C(C)C)CC1. The number of carbonyl (C=O) groups is 1. The third kappa shape index (κ3) is 3.12. The molecule has 1 aromatic heterocycles. The molecule has 0 spiro atoms. The van der Waals surface area contributed by atoms with Crippen molar-refractivity contribution in [2.24, 2.45) is 0 Å². The lowest BCUT2D eigenvalue weighted by molar-refractivity contribution is 0.0661. The fourth-order valence-corrected chi connectivity index (χ4v) is 4.01. The minimum Gasteiger partial charge on any atom is -0.475 e. The number of hydrogen-bond donors (Lipinski definition) is 1. The second kappa shape index (κ2) is 5.78. The van der Waals surface area contributed by atoms with Crippen LogP contribution in [0.4, 0.5) is 0 Å². The molecule has 2 heterocycles. The van der Waals surface area contributed by atoms with Gasteiger partial charge in [-0.3, -0.25) is 4.90 Å². The molecule has 21 heavy (non-hydrogen) atoms. The topological polar surface area (TPSA) is 91.1 Å². The van der Waals surface area contributed by atoms with Crippen LogP contribution in [0.15, 0.2) is 15.4 Å². The summed E-state index contributed by atoms with van der Waals surface area (Å²) in [5, 5.41) is 8.89. The van der Waals surface area contributed by atoms with Gasteiger partial charge >= 0.3 is 5.97 Å². The Bertz CT molecular complexity index is 627. The third-order valence-corrected chi connectivity index (χ3v) is 5.71. The maximum absolute atomic E-state index is 12.6. The lowest BCUT2D eigenvalue weighted by Gasteiger charge is -2.36. The predicted octanol–water partition coefficient (Wildman–Crippen LogP) is 1.00. The molecule has 1 aliphatic heterocycles. The fraction of sp³-hybridized carbons (Fsp3) is 0.615. The van der Waals surface area contributed by atoms with E-state index in [1.807, 2.05) is 0 Å². The fourth-order valence-electron chi connectivity index (χ4n) is 2.43. The van der Waals surface area contributed by atoms with Crippen LogP contribution in [-0.4, -0.2) is 60.9 Å². The summed E-state index contributed by atoms with van der Waals surface area (Å²) in [6, 6.07) is 1.46. The van der Waals surface area contributed by atoms with E-state index in [0.717, 1.165) is 6.07 Å². The first kappa shape index (κ1) is 16.0. The summed E-state index contributed by atoms with van der Waals surface area (Å²) in [6.45, 7) is 7.73. The molecule has 1 saturated heterocycles. The molecule has 0 radical (unpaired) electrons. The molecule has 1 N–H and O–H groups in total. The van der Waals surface area contributed by atoms with Crippen LogP contribution >= 0.6 is 0 Å². The van der Waals surface area contributed by atoms with E-state index in [4.69, 9.17) is 9.52 Å². The summed E-state index contributed by atoms with van der Waals surface area (Å²) in [4.78, 5) is 13.0. The zero-order valence-corrected chi connectivity index (χ0v) is 13.2. The van der Waals surface area contributed by atoms with E-state index in [1.54, 1.807) is 0 Å². The highest BCUT2D eigenvalue weighted by molar-refractivity contribution is 7.89. The zero-order valence-electron chi connectivity index (χ0n) is 12.4. The summed E-state index contributed by atoms with van der Waals surface area (Å²) >= 11 is 0. The molecule has 1 aromatic rings. The van der Waals surface area contributed by atoms with Gasteiger partial charge in [0.25, 0.3) is 0 Å². The average molecular weight is 316 g/mol. The van der Waals surface area contributed by atoms with Gasteiger partial charge in [0.15, 0.2) is 0 Å². The van der Waals surface area contributed by atoms with E-state index in [-0.39, 0.29) is 16.4 Å². The third-order valence-electron chi connectivity index (χ3n) is 3.70. The first-order valence-electron chi connectivity index (χ1n) is 6.81. The van der Waals surface area contributed by atoms with Gasteiger partial charge < -0.3 is 9.52 Å². The minimum atomic E-state index is -3.70. The molecule has 8 heteroatoms. The van der Waals surface area contributed by atoms with E-state index in [0.29, 0.717) is 32.2 Å². The first-order chi connectivity index (χ1) is 9.73. The van der Waals surface area contributed by atoms with Crippen LogP contribution in [0.2, 0.25) is 0 Å². The Kier molecular flexibility index (Phi) is 4.40. The summed E-state index contributed by atoms with van der Waals surface area (Å²) in [5.41, 5.74) is 0. The van der Waals surface area contributed by atoms with Gasteiger partial charge in [0, 0.05) is 38.3 Å². The summed E-state index contributed by atoms with van der Waals surface area (Å²) in [6.07, 6.45) is 0. The van der Waals surface area contributed by atoms with Gasteiger partial charge in [-0.15, -0.1) is 0 Å². The second-order valence-corrected chi connectivity index (χ2v) is 7.28. The quantitative estimate of drug-likeness (QED) is 0.891. The largest absolute Gasteiger partial charge is 0.475 e. The van der Waals surface area contributed by atoms with E-state index in [1.165, 1.54) is 11.2 Å². The molecule has 0 aromatic carbocycles. The molecule has 0 saturated carbocycles. The van der Waals surface area contributed by atoms with Crippen LogP contribution < -0.4 is 0 Å². The Labute approximate surface area is 124 Å².